The Kier molecular flexibility index (Phi) is 2.87. The highest BCUT2D eigenvalue weighted by Gasteiger charge is 2.24. The molecule has 1 fully saturated rings. The van der Waals surface area contributed by atoms with Gasteiger partial charge in [0.25, 0.3) is 0 Å². The topological polar surface area (TPSA) is 26.0 Å². The van der Waals surface area contributed by atoms with Gasteiger partial charge in [-0.25, -0.2) is 0 Å². The van der Waals surface area contributed by atoms with Gasteiger partial charge >= 0.3 is 0 Å². The predicted molar refractivity (Wildman–Crippen MR) is 60.2 cm³/mol. The molecule has 0 saturated heterocycles. The molecule has 0 radical (unpaired) electrons. The monoisotopic (exact) mass is 189 g/mol. The molecule has 2 rings (SSSR count). The third kappa shape index (κ3) is 2.16. The van der Waals surface area contributed by atoms with Gasteiger partial charge in [0.1, 0.15) is 0 Å². The molecule has 1 aromatic carbocycles. The van der Waals surface area contributed by atoms with E-state index in [2.05, 4.69) is 37.3 Å². The summed E-state index contributed by atoms with van der Waals surface area (Å²) in [5.41, 5.74) is 7.52. The van der Waals surface area contributed by atoms with Gasteiger partial charge in [-0.3, -0.25) is 0 Å². The Bertz CT molecular complexity index is 271. The Balaban J connectivity index is 2.11. The normalized spacial score (nSPS) is 32.9. The lowest BCUT2D eigenvalue weighted by atomic mass is 9.77. The van der Waals surface area contributed by atoms with Crippen LogP contribution >= 0.6 is 0 Å². The lowest BCUT2D eigenvalue weighted by Crippen LogP contribution is -2.30. The fraction of sp³-hybridized carbons (Fsp3) is 0.538. The highest BCUT2D eigenvalue weighted by atomic mass is 14.6. The number of hydrogen-bond donors (Lipinski definition) is 1. The summed E-state index contributed by atoms with van der Waals surface area (Å²) in [6.45, 7) is 2.31. The molecule has 0 aliphatic heterocycles. The maximum absolute atomic E-state index is 6.05. The molecule has 0 unspecified atom stereocenters. The standard InChI is InChI=1S/C13H19N/c1-10-7-12(9-13(14)8-10)11-5-3-2-4-6-11/h2-6,10,12-13H,7-9,14H2,1H3/t10-,12-,13-/m1/s1. The molecule has 1 aromatic rings. The van der Waals surface area contributed by atoms with Crippen LogP contribution in [0, 0.1) is 5.92 Å². The second kappa shape index (κ2) is 4.14. The molecule has 1 nitrogen and oxygen atoms in total. The van der Waals surface area contributed by atoms with Crippen LogP contribution < -0.4 is 5.73 Å². The Labute approximate surface area is 86.3 Å². The smallest absolute Gasteiger partial charge is 0.00471 e. The van der Waals surface area contributed by atoms with Gasteiger partial charge in [0.15, 0.2) is 0 Å². The molecule has 0 amide bonds. The third-order valence-electron chi connectivity index (χ3n) is 3.25. The fourth-order valence-electron chi connectivity index (χ4n) is 2.65. The Hall–Kier alpha value is -0.820. The molecule has 1 heteroatoms. The van der Waals surface area contributed by atoms with Gasteiger partial charge in [-0.15, -0.1) is 0 Å². The molecular formula is C13H19N. The first kappa shape index (κ1) is 9.72. The summed E-state index contributed by atoms with van der Waals surface area (Å²) in [4.78, 5) is 0. The SMILES string of the molecule is C[C@H]1C[C@@H](N)C[C@H](c2ccccc2)C1. The molecule has 0 aromatic heterocycles. The van der Waals surface area contributed by atoms with Crippen LogP contribution in [0.2, 0.25) is 0 Å². The van der Waals surface area contributed by atoms with Crippen molar-refractivity contribution in [2.24, 2.45) is 11.7 Å². The molecule has 0 bridgehead atoms. The van der Waals surface area contributed by atoms with Crippen LogP contribution in [0.1, 0.15) is 37.7 Å². The van der Waals surface area contributed by atoms with Gasteiger partial charge in [-0.1, -0.05) is 37.3 Å². The zero-order chi connectivity index (χ0) is 9.97. The lowest BCUT2D eigenvalue weighted by molar-refractivity contribution is 0.308. The van der Waals surface area contributed by atoms with Crippen LogP contribution in [0.4, 0.5) is 0 Å². The largest absolute Gasteiger partial charge is 0.328 e. The minimum Gasteiger partial charge on any atom is -0.328 e. The van der Waals surface area contributed by atoms with Crippen molar-refractivity contribution < 1.29 is 0 Å². The van der Waals surface area contributed by atoms with Crippen molar-refractivity contribution in [3.63, 3.8) is 0 Å². The Morgan fingerprint density at radius 2 is 1.79 bits per heavy atom. The molecule has 0 heterocycles. The van der Waals surface area contributed by atoms with Crippen molar-refractivity contribution in [3.8, 4) is 0 Å². The van der Waals surface area contributed by atoms with Crippen molar-refractivity contribution in [1.82, 2.24) is 0 Å². The quantitative estimate of drug-likeness (QED) is 0.722. The molecule has 14 heavy (non-hydrogen) atoms. The summed E-state index contributed by atoms with van der Waals surface area (Å²) in [7, 11) is 0. The van der Waals surface area contributed by atoms with Crippen LogP contribution in [0.5, 0.6) is 0 Å². The van der Waals surface area contributed by atoms with E-state index < -0.39 is 0 Å². The van der Waals surface area contributed by atoms with Crippen LogP contribution in [0.25, 0.3) is 0 Å². The van der Waals surface area contributed by atoms with E-state index in [9.17, 15) is 0 Å². The fourth-order valence-corrected chi connectivity index (χ4v) is 2.65. The molecule has 2 N–H and O–H groups in total. The van der Waals surface area contributed by atoms with Gasteiger partial charge in [0, 0.05) is 6.04 Å². The summed E-state index contributed by atoms with van der Waals surface area (Å²) in [6, 6.07) is 11.2. The highest BCUT2D eigenvalue weighted by molar-refractivity contribution is 5.20. The average Bonchev–Trinajstić information content (AvgIpc) is 2.18. The van der Waals surface area contributed by atoms with Crippen LogP contribution in [-0.2, 0) is 0 Å². The zero-order valence-electron chi connectivity index (χ0n) is 8.82. The summed E-state index contributed by atoms with van der Waals surface area (Å²) >= 11 is 0. The number of rotatable bonds is 1. The molecule has 76 valence electrons. The van der Waals surface area contributed by atoms with Gasteiger partial charge in [0.05, 0.1) is 0 Å². The third-order valence-corrected chi connectivity index (χ3v) is 3.25. The molecular weight excluding hydrogens is 170 g/mol. The first-order chi connectivity index (χ1) is 6.75. The van der Waals surface area contributed by atoms with Crippen LogP contribution in [0.15, 0.2) is 30.3 Å². The van der Waals surface area contributed by atoms with E-state index in [0.29, 0.717) is 12.0 Å². The predicted octanol–water partition coefficient (Wildman–Crippen LogP) is 2.92. The summed E-state index contributed by atoms with van der Waals surface area (Å²) in [5.74, 6) is 1.47. The maximum atomic E-state index is 6.05. The van der Waals surface area contributed by atoms with Gasteiger partial charge < -0.3 is 5.73 Å². The molecule has 1 saturated carbocycles. The number of benzene rings is 1. The maximum Gasteiger partial charge on any atom is 0.00471 e. The van der Waals surface area contributed by atoms with Crippen LogP contribution in [-0.4, -0.2) is 6.04 Å². The van der Waals surface area contributed by atoms with E-state index in [1.807, 2.05) is 0 Å². The highest BCUT2D eigenvalue weighted by Crippen LogP contribution is 2.35. The Morgan fingerprint density at radius 3 is 2.43 bits per heavy atom. The summed E-state index contributed by atoms with van der Waals surface area (Å²) in [5, 5.41) is 0. The lowest BCUT2D eigenvalue weighted by Gasteiger charge is -2.31. The zero-order valence-corrected chi connectivity index (χ0v) is 8.82. The minimum atomic E-state index is 0.406. The first-order valence-corrected chi connectivity index (χ1v) is 5.56. The van der Waals surface area contributed by atoms with Crippen molar-refractivity contribution in [3.05, 3.63) is 35.9 Å². The summed E-state index contributed by atoms with van der Waals surface area (Å²) < 4.78 is 0. The van der Waals surface area contributed by atoms with Crippen molar-refractivity contribution >= 4 is 0 Å². The molecule has 1 aliphatic rings. The number of hydrogen-bond acceptors (Lipinski definition) is 1. The van der Waals surface area contributed by atoms with E-state index >= 15 is 0 Å². The van der Waals surface area contributed by atoms with Gasteiger partial charge in [-0.2, -0.15) is 0 Å². The van der Waals surface area contributed by atoms with E-state index in [0.717, 1.165) is 12.3 Å². The van der Waals surface area contributed by atoms with E-state index in [-0.39, 0.29) is 0 Å². The Morgan fingerprint density at radius 1 is 1.07 bits per heavy atom. The average molecular weight is 189 g/mol. The van der Waals surface area contributed by atoms with E-state index in [4.69, 9.17) is 5.73 Å². The van der Waals surface area contributed by atoms with E-state index in [1.165, 1.54) is 18.4 Å². The van der Waals surface area contributed by atoms with E-state index in [1.54, 1.807) is 0 Å². The van der Waals surface area contributed by atoms with Crippen molar-refractivity contribution in [1.29, 1.82) is 0 Å². The minimum absolute atomic E-state index is 0.406. The second-order valence-electron chi connectivity index (χ2n) is 4.68. The molecule has 0 spiro atoms. The summed E-state index contributed by atoms with van der Waals surface area (Å²) in [6.07, 6.45) is 3.66. The first-order valence-electron chi connectivity index (χ1n) is 5.56. The van der Waals surface area contributed by atoms with Crippen LogP contribution in [0.3, 0.4) is 0 Å². The second-order valence-corrected chi connectivity index (χ2v) is 4.68. The van der Waals surface area contributed by atoms with Gasteiger partial charge in [0.2, 0.25) is 0 Å². The van der Waals surface area contributed by atoms with Crippen molar-refractivity contribution in [2.45, 2.75) is 38.1 Å². The van der Waals surface area contributed by atoms with Gasteiger partial charge in [-0.05, 0) is 36.7 Å². The van der Waals surface area contributed by atoms with Crippen molar-refractivity contribution in [2.75, 3.05) is 0 Å². The number of nitrogens with two attached hydrogens (primary N) is 1. The molecule has 3 atom stereocenters. The molecule has 1 aliphatic carbocycles.